The smallest absolute Gasteiger partial charge is 0.354 e. The highest BCUT2D eigenvalue weighted by Gasteiger charge is 2.36. The van der Waals surface area contributed by atoms with E-state index in [0.29, 0.717) is 23.5 Å². The number of anilines is 1. The SMILES string of the molecule is O=C(O)C1(Nc2cc(Oc3cn(C4CC4)nc3C3CCOCC3)ccn2)C=CC=CN1. The number of aliphatic carboxylic acids is 1. The van der Waals surface area contributed by atoms with Gasteiger partial charge in [-0.15, -0.1) is 0 Å². The Morgan fingerprint density at radius 2 is 2.13 bits per heavy atom. The van der Waals surface area contributed by atoms with Gasteiger partial charge >= 0.3 is 5.97 Å². The molecular formula is C22H25N5O4. The minimum Gasteiger partial charge on any atom is -0.478 e. The minimum atomic E-state index is -1.47. The molecule has 4 heterocycles. The molecule has 1 unspecified atom stereocenters. The number of rotatable bonds is 7. The van der Waals surface area contributed by atoms with Gasteiger partial charge in [0.25, 0.3) is 0 Å². The quantitative estimate of drug-likeness (QED) is 0.623. The van der Waals surface area contributed by atoms with Crippen molar-refractivity contribution in [1.82, 2.24) is 20.1 Å². The van der Waals surface area contributed by atoms with Gasteiger partial charge < -0.3 is 25.2 Å². The highest BCUT2D eigenvalue weighted by Crippen LogP contribution is 2.40. The van der Waals surface area contributed by atoms with Crippen molar-refractivity contribution in [3.63, 3.8) is 0 Å². The summed E-state index contributed by atoms with van der Waals surface area (Å²) in [4.78, 5) is 16.1. The lowest BCUT2D eigenvalue weighted by Crippen LogP contribution is -2.55. The van der Waals surface area contributed by atoms with Crippen LogP contribution in [-0.2, 0) is 9.53 Å². The normalized spacial score (nSPS) is 23.4. The van der Waals surface area contributed by atoms with E-state index < -0.39 is 11.6 Å². The van der Waals surface area contributed by atoms with E-state index in [-0.39, 0.29) is 0 Å². The maximum atomic E-state index is 11.9. The number of nitrogens with one attached hydrogen (secondary N) is 2. The first-order valence-electron chi connectivity index (χ1n) is 10.6. The number of carbonyl (C=O) groups is 1. The molecule has 2 aromatic rings. The van der Waals surface area contributed by atoms with Gasteiger partial charge in [-0.25, -0.2) is 9.78 Å². The maximum Gasteiger partial charge on any atom is 0.354 e. The summed E-state index contributed by atoms with van der Waals surface area (Å²) >= 11 is 0. The Morgan fingerprint density at radius 1 is 1.29 bits per heavy atom. The Balaban J connectivity index is 1.39. The van der Waals surface area contributed by atoms with Crippen LogP contribution < -0.4 is 15.4 Å². The monoisotopic (exact) mass is 423 g/mol. The standard InChI is InChI=1S/C22H25N5O4/c28-21(29)22(8-1-2-9-24-22)25-19-13-17(5-10-23-19)31-18-14-27(16-3-4-16)26-20(18)15-6-11-30-12-7-15/h1-2,5,8-10,13-16,24H,3-4,6-7,11-12H2,(H,23,25)(H,28,29). The molecule has 2 fully saturated rings. The molecule has 0 radical (unpaired) electrons. The predicted molar refractivity (Wildman–Crippen MR) is 113 cm³/mol. The first kappa shape index (κ1) is 19.6. The number of dihydropyridines is 1. The summed E-state index contributed by atoms with van der Waals surface area (Å²) in [5.74, 6) is 0.935. The minimum absolute atomic E-state index is 0.307. The highest BCUT2D eigenvalue weighted by molar-refractivity contribution is 5.85. The molecule has 2 aromatic heterocycles. The number of pyridine rings is 1. The first-order valence-corrected chi connectivity index (χ1v) is 10.6. The van der Waals surface area contributed by atoms with Crippen molar-refractivity contribution in [3.05, 3.63) is 54.6 Å². The Kier molecular flexibility index (Phi) is 5.11. The van der Waals surface area contributed by atoms with Crippen molar-refractivity contribution in [2.75, 3.05) is 18.5 Å². The summed E-state index contributed by atoms with van der Waals surface area (Å²) in [6, 6.07) is 3.91. The zero-order chi connectivity index (χ0) is 21.3. The molecule has 31 heavy (non-hydrogen) atoms. The molecule has 9 nitrogen and oxygen atoms in total. The van der Waals surface area contributed by atoms with E-state index in [2.05, 4.69) is 15.6 Å². The molecule has 1 saturated heterocycles. The molecule has 1 aliphatic carbocycles. The van der Waals surface area contributed by atoms with E-state index in [9.17, 15) is 9.90 Å². The summed E-state index contributed by atoms with van der Waals surface area (Å²) in [6.07, 6.45) is 14.2. The largest absolute Gasteiger partial charge is 0.478 e. The van der Waals surface area contributed by atoms with Crippen LogP contribution in [0.15, 0.2) is 49.0 Å². The Labute approximate surface area is 179 Å². The molecular weight excluding hydrogens is 398 g/mol. The molecule has 2 aliphatic heterocycles. The van der Waals surface area contributed by atoms with Crippen LogP contribution in [0.2, 0.25) is 0 Å². The van der Waals surface area contributed by atoms with Crippen LogP contribution in [0.5, 0.6) is 11.5 Å². The Hall–Kier alpha value is -3.33. The second-order valence-corrected chi connectivity index (χ2v) is 8.06. The second-order valence-electron chi connectivity index (χ2n) is 8.06. The van der Waals surface area contributed by atoms with Gasteiger partial charge in [0, 0.05) is 31.4 Å². The van der Waals surface area contributed by atoms with Crippen molar-refractivity contribution < 1.29 is 19.4 Å². The predicted octanol–water partition coefficient (Wildman–Crippen LogP) is 3.17. The van der Waals surface area contributed by atoms with Crippen LogP contribution in [0.25, 0.3) is 0 Å². The fourth-order valence-electron chi connectivity index (χ4n) is 3.87. The fourth-order valence-corrected chi connectivity index (χ4v) is 3.87. The van der Waals surface area contributed by atoms with Crippen molar-refractivity contribution in [2.45, 2.75) is 43.3 Å². The lowest BCUT2D eigenvalue weighted by Gasteiger charge is -2.29. The van der Waals surface area contributed by atoms with Crippen LogP contribution in [-0.4, -0.2) is 44.7 Å². The Bertz CT molecular complexity index is 1020. The van der Waals surface area contributed by atoms with Crippen molar-refractivity contribution >= 4 is 11.8 Å². The molecule has 3 N–H and O–H groups in total. The van der Waals surface area contributed by atoms with Crippen LogP contribution in [0.1, 0.15) is 43.3 Å². The summed E-state index contributed by atoms with van der Waals surface area (Å²) in [6.45, 7) is 1.46. The van der Waals surface area contributed by atoms with E-state index in [1.165, 1.54) is 6.08 Å². The maximum absolute atomic E-state index is 11.9. The van der Waals surface area contributed by atoms with E-state index >= 15 is 0 Å². The molecule has 1 atom stereocenters. The number of carboxylic acid groups (broad SMARTS) is 1. The zero-order valence-electron chi connectivity index (χ0n) is 17.0. The average molecular weight is 423 g/mol. The van der Waals surface area contributed by atoms with E-state index in [1.807, 2.05) is 10.9 Å². The molecule has 3 aliphatic rings. The first-order chi connectivity index (χ1) is 15.1. The van der Waals surface area contributed by atoms with Gasteiger partial charge in [0.05, 0.1) is 12.2 Å². The number of hydrogen-bond acceptors (Lipinski definition) is 7. The summed E-state index contributed by atoms with van der Waals surface area (Å²) in [5.41, 5.74) is -0.504. The molecule has 9 heteroatoms. The van der Waals surface area contributed by atoms with Crippen LogP contribution in [0.4, 0.5) is 5.82 Å². The number of allylic oxidation sites excluding steroid dienone is 2. The molecule has 162 valence electrons. The number of aromatic nitrogens is 3. The van der Waals surface area contributed by atoms with Gasteiger partial charge in [0.2, 0.25) is 5.66 Å². The molecule has 1 saturated carbocycles. The molecule has 0 aromatic carbocycles. The number of hydrogen-bond donors (Lipinski definition) is 3. The van der Waals surface area contributed by atoms with Crippen molar-refractivity contribution in [1.29, 1.82) is 0 Å². The zero-order valence-corrected chi connectivity index (χ0v) is 17.0. The van der Waals surface area contributed by atoms with Gasteiger partial charge in [0.1, 0.15) is 17.3 Å². The summed E-state index contributed by atoms with van der Waals surface area (Å²) < 4.78 is 13.8. The summed E-state index contributed by atoms with van der Waals surface area (Å²) in [5, 5.41) is 20.3. The average Bonchev–Trinajstić information content (AvgIpc) is 3.56. The van der Waals surface area contributed by atoms with Gasteiger partial charge in [-0.1, -0.05) is 6.08 Å². The summed E-state index contributed by atoms with van der Waals surface area (Å²) in [7, 11) is 0. The third-order valence-corrected chi connectivity index (χ3v) is 5.74. The Morgan fingerprint density at radius 3 is 2.84 bits per heavy atom. The van der Waals surface area contributed by atoms with E-state index in [0.717, 1.165) is 50.3 Å². The van der Waals surface area contributed by atoms with Gasteiger partial charge in [-0.3, -0.25) is 4.68 Å². The van der Waals surface area contributed by atoms with Crippen LogP contribution in [0, 0.1) is 0 Å². The second kappa shape index (κ2) is 8.07. The molecule has 5 rings (SSSR count). The van der Waals surface area contributed by atoms with E-state index in [4.69, 9.17) is 14.6 Å². The fraction of sp³-hybridized carbons (Fsp3) is 0.409. The van der Waals surface area contributed by atoms with Gasteiger partial charge in [-0.2, -0.15) is 5.10 Å². The number of nitrogens with zero attached hydrogens (tertiary/aromatic N) is 3. The van der Waals surface area contributed by atoms with Crippen molar-refractivity contribution in [2.24, 2.45) is 0 Å². The molecule has 0 amide bonds. The topological polar surface area (TPSA) is 111 Å². The highest BCUT2D eigenvalue weighted by atomic mass is 16.5. The lowest BCUT2D eigenvalue weighted by atomic mass is 9.96. The molecule has 0 bridgehead atoms. The lowest BCUT2D eigenvalue weighted by molar-refractivity contribution is -0.141. The van der Waals surface area contributed by atoms with Crippen LogP contribution in [0.3, 0.4) is 0 Å². The third-order valence-electron chi connectivity index (χ3n) is 5.74. The number of carboxylic acids is 1. The third kappa shape index (κ3) is 4.13. The van der Waals surface area contributed by atoms with Crippen LogP contribution >= 0.6 is 0 Å². The van der Waals surface area contributed by atoms with Gasteiger partial charge in [-0.05, 0) is 50.1 Å². The van der Waals surface area contributed by atoms with E-state index in [1.54, 1.807) is 36.7 Å². The number of ether oxygens (including phenoxy) is 2. The van der Waals surface area contributed by atoms with Crippen molar-refractivity contribution in [3.8, 4) is 11.5 Å². The van der Waals surface area contributed by atoms with Gasteiger partial charge in [0.15, 0.2) is 5.75 Å². The molecule has 0 spiro atoms.